The molecule has 2 unspecified atom stereocenters. The van der Waals surface area contributed by atoms with Crippen LogP contribution < -0.4 is 0 Å². The van der Waals surface area contributed by atoms with Crippen LogP contribution in [0, 0.1) is 22.7 Å². The Balaban J connectivity index is 1.71. The molecule has 4 bridgehead atoms. The molecule has 0 aromatic heterocycles. The molecule has 0 saturated heterocycles. The SMILES string of the molecule is CC12CC3CC(C1)CC(Cc1ccccc1)(C3)C2=O. The molecule has 2 atom stereocenters. The van der Waals surface area contributed by atoms with Gasteiger partial charge in [0.05, 0.1) is 0 Å². The van der Waals surface area contributed by atoms with Crippen LogP contribution >= 0.6 is 0 Å². The number of Topliss-reactive ketones (excluding diaryl/α,β-unsaturated/α-hetero) is 1. The van der Waals surface area contributed by atoms with E-state index >= 15 is 0 Å². The highest BCUT2D eigenvalue weighted by atomic mass is 16.1. The van der Waals surface area contributed by atoms with Crippen molar-refractivity contribution in [3.8, 4) is 0 Å². The second-order valence-electron chi connectivity index (χ2n) is 7.62. The molecule has 1 aromatic rings. The van der Waals surface area contributed by atoms with E-state index in [1.165, 1.54) is 24.8 Å². The van der Waals surface area contributed by atoms with Gasteiger partial charge in [0.2, 0.25) is 0 Å². The van der Waals surface area contributed by atoms with Gasteiger partial charge in [-0.1, -0.05) is 37.3 Å². The summed E-state index contributed by atoms with van der Waals surface area (Å²) in [6, 6.07) is 10.6. The van der Waals surface area contributed by atoms with Crippen LogP contribution in [0.25, 0.3) is 0 Å². The van der Waals surface area contributed by atoms with Crippen LogP contribution in [0.3, 0.4) is 0 Å². The third-order valence-electron chi connectivity index (χ3n) is 5.92. The van der Waals surface area contributed by atoms with Gasteiger partial charge in [-0.15, -0.1) is 0 Å². The van der Waals surface area contributed by atoms with Crippen LogP contribution in [0.2, 0.25) is 0 Å². The van der Waals surface area contributed by atoms with Crippen molar-refractivity contribution in [2.24, 2.45) is 22.7 Å². The number of hydrogen-bond donors (Lipinski definition) is 0. The lowest BCUT2D eigenvalue weighted by atomic mass is 9.43. The molecule has 0 N–H and O–H groups in total. The molecule has 1 nitrogen and oxygen atoms in total. The number of hydrogen-bond acceptors (Lipinski definition) is 1. The smallest absolute Gasteiger partial charge is 0.145 e. The Labute approximate surface area is 115 Å². The van der Waals surface area contributed by atoms with Crippen molar-refractivity contribution in [3.63, 3.8) is 0 Å². The largest absolute Gasteiger partial charge is 0.298 e. The summed E-state index contributed by atoms with van der Waals surface area (Å²) < 4.78 is 0. The van der Waals surface area contributed by atoms with E-state index in [-0.39, 0.29) is 10.8 Å². The Morgan fingerprint density at radius 3 is 2.32 bits per heavy atom. The summed E-state index contributed by atoms with van der Waals surface area (Å²) in [5, 5.41) is 0. The van der Waals surface area contributed by atoms with E-state index in [0.717, 1.165) is 31.1 Å². The first-order chi connectivity index (χ1) is 9.10. The molecular formula is C18H22O. The Bertz CT molecular complexity index is 502. The summed E-state index contributed by atoms with van der Waals surface area (Å²) >= 11 is 0. The van der Waals surface area contributed by atoms with Crippen molar-refractivity contribution in [3.05, 3.63) is 35.9 Å². The van der Waals surface area contributed by atoms with Crippen LogP contribution in [-0.2, 0) is 11.2 Å². The number of carbonyl (C=O) groups is 1. The molecule has 1 aromatic carbocycles. The minimum atomic E-state index is -0.0137. The summed E-state index contributed by atoms with van der Waals surface area (Å²) in [4.78, 5) is 13.0. The summed E-state index contributed by atoms with van der Waals surface area (Å²) in [5.74, 6) is 2.23. The van der Waals surface area contributed by atoms with E-state index in [4.69, 9.17) is 0 Å². The fourth-order valence-electron chi connectivity index (χ4n) is 5.72. The van der Waals surface area contributed by atoms with Gasteiger partial charge in [-0.3, -0.25) is 4.79 Å². The highest BCUT2D eigenvalue weighted by Gasteiger charge is 2.61. The maximum Gasteiger partial charge on any atom is 0.145 e. The normalized spacial score (nSPS) is 43.7. The number of ketones is 1. The molecule has 0 amide bonds. The molecule has 5 rings (SSSR count). The maximum atomic E-state index is 13.0. The molecule has 100 valence electrons. The maximum absolute atomic E-state index is 13.0. The van der Waals surface area contributed by atoms with Crippen LogP contribution in [-0.4, -0.2) is 5.78 Å². The highest BCUT2D eigenvalue weighted by molar-refractivity contribution is 5.92. The lowest BCUT2D eigenvalue weighted by Crippen LogP contribution is -2.59. The van der Waals surface area contributed by atoms with Gasteiger partial charge < -0.3 is 0 Å². The molecule has 4 fully saturated rings. The van der Waals surface area contributed by atoms with Gasteiger partial charge in [-0.25, -0.2) is 0 Å². The fraction of sp³-hybridized carbons (Fsp3) is 0.611. The number of carbonyl (C=O) groups excluding carboxylic acids is 1. The molecule has 19 heavy (non-hydrogen) atoms. The van der Waals surface area contributed by atoms with E-state index in [9.17, 15) is 4.79 Å². The Morgan fingerprint density at radius 1 is 1.05 bits per heavy atom. The lowest BCUT2D eigenvalue weighted by Gasteiger charge is -2.60. The Hall–Kier alpha value is -1.11. The van der Waals surface area contributed by atoms with Crippen molar-refractivity contribution in [1.82, 2.24) is 0 Å². The molecule has 0 radical (unpaired) electrons. The van der Waals surface area contributed by atoms with Gasteiger partial charge in [0.15, 0.2) is 0 Å². The molecule has 0 spiro atoms. The predicted molar refractivity (Wildman–Crippen MR) is 75.8 cm³/mol. The fourth-order valence-corrected chi connectivity index (χ4v) is 5.72. The summed E-state index contributed by atoms with van der Waals surface area (Å²) in [6.45, 7) is 2.24. The number of benzene rings is 1. The monoisotopic (exact) mass is 254 g/mol. The first kappa shape index (κ1) is 11.7. The first-order valence-electron chi connectivity index (χ1n) is 7.69. The van der Waals surface area contributed by atoms with Crippen LogP contribution in [0.5, 0.6) is 0 Å². The zero-order chi connectivity index (χ0) is 13.1. The third-order valence-corrected chi connectivity index (χ3v) is 5.92. The van der Waals surface area contributed by atoms with Gasteiger partial charge in [-0.05, 0) is 55.9 Å². The summed E-state index contributed by atoms with van der Waals surface area (Å²) in [7, 11) is 0. The van der Waals surface area contributed by atoms with Gasteiger partial charge in [0, 0.05) is 10.8 Å². The van der Waals surface area contributed by atoms with Crippen molar-refractivity contribution < 1.29 is 4.79 Å². The van der Waals surface area contributed by atoms with Gasteiger partial charge >= 0.3 is 0 Å². The molecular weight excluding hydrogens is 232 g/mol. The zero-order valence-corrected chi connectivity index (χ0v) is 11.7. The standard InChI is InChI=1S/C18H22O/c1-17-8-14-7-15(9-17)12-18(11-14,16(17)19)10-13-5-3-2-4-6-13/h2-6,14-15H,7-12H2,1H3. The Morgan fingerprint density at radius 2 is 1.68 bits per heavy atom. The molecule has 4 saturated carbocycles. The van der Waals surface area contributed by atoms with Gasteiger partial charge in [0.25, 0.3) is 0 Å². The minimum Gasteiger partial charge on any atom is -0.298 e. The average Bonchev–Trinajstić information content (AvgIpc) is 2.36. The zero-order valence-electron chi connectivity index (χ0n) is 11.7. The topological polar surface area (TPSA) is 17.1 Å². The van der Waals surface area contributed by atoms with E-state index in [1.807, 2.05) is 0 Å². The van der Waals surface area contributed by atoms with Crippen LogP contribution in [0.15, 0.2) is 30.3 Å². The lowest BCUT2D eigenvalue weighted by molar-refractivity contribution is -0.164. The highest BCUT2D eigenvalue weighted by Crippen LogP contribution is 2.63. The Kier molecular flexibility index (Phi) is 2.29. The molecule has 1 heteroatoms. The first-order valence-corrected chi connectivity index (χ1v) is 7.69. The quantitative estimate of drug-likeness (QED) is 0.779. The van der Waals surface area contributed by atoms with Crippen LogP contribution in [0.4, 0.5) is 0 Å². The second-order valence-corrected chi connectivity index (χ2v) is 7.62. The molecule has 4 aliphatic rings. The minimum absolute atomic E-state index is 0.0128. The molecule has 0 aliphatic heterocycles. The van der Waals surface area contributed by atoms with E-state index in [0.29, 0.717) is 5.78 Å². The van der Waals surface area contributed by atoms with E-state index in [2.05, 4.69) is 37.3 Å². The van der Waals surface area contributed by atoms with Crippen molar-refractivity contribution in [2.45, 2.75) is 45.4 Å². The van der Waals surface area contributed by atoms with Crippen molar-refractivity contribution >= 4 is 5.78 Å². The van der Waals surface area contributed by atoms with E-state index < -0.39 is 0 Å². The van der Waals surface area contributed by atoms with Gasteiger partial charge in [0.1, 0.15) is 5.78 Å². The summed E-state index contributed by atoms with van der Waals surface area (Å²) in [6.07, 6.45) is 7.02. The van der Waals surface area contributed by atoms with Crippen molar-refractivity contribution in [2.75, 3.05) is 0 Å². The van der Waals surface area contributed by atoms with Crippen molar-refractivity contribution in [1.29, 1.82) is 0 Å². The third kappa shape index (κ3) is 1.63. The van der Waals surface area contributed by atoms with Crippen LogP contribution in [0.1, 0.15) is 44.6 Å². The molecule has 0 heterocycles. The predicted octanol–water partition coefficient (Wildman–Crippen LogP) is 4.01. The second kappa shape index (κ2) is 3.71. The average molecular weight is 254 g/mol. The summed E-state index contributed by atoms with van der Waals surface area (Å²) in [5.41, 5.74) is 1.35. The number of rotatable bonds is 2. The van der Waals surface area contributed by atoms with E-state index in [1.54, 1.807) is 0 Å². The molecule has 4 aliphatic carbocycles. The van der Waals surface area contributed by atoms with Gasteiger partial charge in [-0.2, -0.15) is 0 Å².